The second-order valence-electron chi connectivity index (χ2n) is 7.28. The molecule has 2 fully saturated rings. The number of nitrogens with zero attached hydrogens (tertiary/aromatic N) is 4. The standard InChI is InChI=1S/C20H26N4O/c1-3-9-24-15(2)19(11-21-24)20(25)23-14-17-10-18(23)13-22(17)12-16-7-5-4-6-8-16/h4-8,11,17-18H,3,9-10,12-14H2,1-2H3/t17-,18-/m0/s1. The minimum absolute atomic E-state index is 0.159. The maximum absolute atomic E-state index is 13.0. The van der Waals surface area contributed by atoms with Gasteiger partial charge in [-0.3, -0.25) is 14.4 Å². The van der Waals surface area contributed by atoms with E-state index in [2.05, 4.69) is 52.2 Å². The molecule has 1 amide bonds. The summed E-state index contributed by atoms with van der Waals surface area (Å²) in [6.07, 6.45) is 3.88. The molecule has 5 heteroatoms. The van der Waals surface area contributed by atoms with Gasteiger partial charge in [-0.15, -0.1) is 0 Å². The monoisotopic (exact) mass is 338 g/mol. The van der Waals surface area contributed by atoms with E-state index in [0.717, 1.165) is 50.3 Å². The highest BCUT2D eigenvalue weighted by molar-refractivity contribution is 5.95. The molecule has 5 nitrogen and oxygen atoms in total. The minimum Gasteiger partial charge on any atom is -0.333 e. The average molecular weight is 338 g/mol. The van der Waals surface area contributed by atoms with Gasteiger partial charge >= 0.3 is 0 Å². The number of piperazine rings is 1. The van der Waals surface area contributed by atoms with Crippen molar-refractivity contribution >= 4 is 5.91 Å². The predicted molar refractivity (Wildman–Crippen MR) is 97.3 cm³/mol. The molecule has 2 atom stereocenters. The SMILES string of the molecule is CCCn1ncc(C(=O)N2C[C@@H]3C[C@H]2CN3Cc2ccccc2)c1C. The Morgan fingerprint density at radius 1 is 1.20 bits per heavy atom. The van der Waals surface area contributed by atoms with Crippen LogP contribution in [-0.2, 0) is 13.1 Å². The molecule has 2 aliphatic heterocycles. The van der Waals surface area contributed by atoms with Gasteiger partial charge in [0, 0.05) is 44.0 Å². The lowest BCUT2D eigenvalue weighted by Crippen LogP contribution is -2.48. The first-order valence-corrected chi connectivity index (χ1v) is 9.28. The second kappa shape index (κ2) is 6.64. The van der Waals surface area contributed by atoms with Crippen molar-refractivity contribution in [2.24, 2.45) is 0 Å². The molecule has 2 bridgehead atoms. The van der Waals surface area contributed by atoms with Crippen LogP contribution in [0.5, 0.6) is 0 Å². The fraction of sp³-hybridized carbons (Fsp3) is 0.500. The number of hydrogen-bond acceptors (Lipinski definition) is 3. The molecule has 0 aliphatic carbocycles. The van der Waals surface area contributed by atoms with E-state index < -0.39 is 0 Å². The van der Waals surface area contributed by atoms with Crippen LogP contribution in [0.1, 0.15) is 41.4 Å². The normalized spacial score (nSPS) is 22.7. The molecule has 1 aromatic heterocycles. The van der Waals surface area contributed by atoms with Gasteiger partial charge in [-0.1, -0.05) is 37.3 Å². The summed E-state index contributed by atoms with van der Waals surface area (Å²) in [6, 6.07) is 11.4. The molecular formula is C20H26N4O. The number of rotatable bonds is 5. The van der Waals surface area contributed by atoms with Crippen LogP contribution in [0.25, 0.3) is 0 Å². The van der Waals surface area contributed by atoms with Gasteiger partial charge in [-0.05, 0) is 25.3 Å². The molecule has 4 rings (SSSR count). The van der Waals surface area contributed by atoms with Crippen molar-refractivity contribution in [3.8, 4) is 0 Å². The fourth-order valence-electron chi connectivity index (χ4n) is 4.26. The Morgan fingerprint density at radius 3 is 2.68 bits per heavy atom. The molecule has 0 spiro atoms. The molecule has 132 valence electrons. The number of aryl methyl sites for hydroxylation is 1. The van der Waals surface area contributed by atoms with Crippen LogP contribution < -0.4 is 0 Å². The van der Waals surface area contributed by atoms with Crippen molar-refractivity contribution in [2.75, 3.05) is 13.1 Å². The zero-order valence-electron chi connectivity index (χ0n) is 15.1. The van der Waals surface area contributed by atoms with Crippen molar-refractivity contribution in [2.45, 2.75) is 51.9 Å². The van der Waals surface area contributed by atoms with Crippen LogP contribution in [0.3, 0.4) is 0 Å². The molecule has 2 saturated heterocycles. The summed E-state index contributed by atoms with van der Waals surface area (Å²) in [4.78, 5) is 17.6. The van der Waals surface area contributed by atoms with Crippen LogP contribution in [-0.4, -0.2) is 50.7 Å². The van der Waals surface area contributed by atoms with E-state index in [1.54, 1.807) is 6.20 Å². The summed E-state index contributed by atoms with van der Waals surface area (Å²) in [7, 11) is 0. The molecule has 1 aromatic carbocycles. The Bertz CT molecular complexity index is 754. The Morgan fingerprint density at radius 2 is 2.00 bits per heavy atom. The second-order valence-corrected chi connectivity index (χ2v) is 7.28. The van der Waals surface area contributed by atoms with Crippen LogP contribution in [0.2, 0.25) is 0 Å². The highest BCUT2D eigenvalue weighted by Crippen LogP contribution is 2.33. The molecule has 2 aromatic rings. The minimum atomic E-state index is 0.159. The molecular weight excluding hydrogens is 312 g/mol. The number of fused-ring (bicyclic) bond motifs is 2. The number of hydrogen-bond donors (Lipinski definition) is 0. The van der Waals surface area contributed by atoms with Gasteiger partial charge in [0.25, 0.3) is 5.91 Å². The average Bonchev–Trinajstić information content (AvgIpc) is 3.31. The third-order valence-corrected chi connectivity index (χ3v) is 5.61. The molecule has 2 aliphatic rings. The lowest BCUT2D eigenvalue weighted by molar-refractivity contribution is 0.0615. The van der Waals surface area contributed by atoms with E-state index in [9.17, 15) is 4.79 Å². The summed E-state index contributed by atoms with van der Waals surface area (Å²) < 4.78 is 1.95. The number of amides is 1. The van der Waals surface area contributed by atoms with Gasteiger partial charge in [0.1, 0.15) is 0 Å². The summed E-state index contributed by atoms with van der Waals surface area (Å²) in [5, 5.41) is 4.39. The first-order chi connectivity index (χ1) is 12.2. The van der Waals surface area contributed by atoms with E-state index in [-0.39, 0.29) is 5.91 Å². The highest BCUT2D eigenvalue weighted by atomic mass is 16.2. The third kappa shape index (κ3) is 2.97. The lowest BCUT2D eigenvalue weighted by atomic mass is 10.1. The van der Waals surface area contributed by atoms with Gasteiger partial charge in [0.05, 0.1) is 11.8 Å². The summed E-state index contributed by atoms with van der Waals surface area (Å²) >= 11 is 0. The number of benzene rings is 1. The lowest BCUT2D eigenvalue weighted by Gasteiger charge is -2.34. The van der Waals surface area contributed by atoms with Crippen LogP contribution in [0, 0.1) is 6.92 Å². The zero-order valence-corrected chi connectivity index (χ0v) is 15.1. The number of aromatic nitrogens is 2. The van der Waals surface area contributed by atoms with E-state index in [1.165, 1.54) is 5.56 Å². The van der Waals surface area contributed by atoms with E-state index in [0.29, 0.717) is 12.1 Å². The van der Waals surface area contributed by atoms with Crippen molar-refractivity contribution in [3.05, 3.63) is 53.3 Å². The van der Waals surface area contributed by atoms with Crippen LogP contribution in [0.15, 0.2) is 36.5 Å². The van der Waals surface area contributed by atoms with Gasteiger partial charge < -0.3 is 4.90 Å². The van der Waals surface area contributed by atoms with Gasteiger partial charge in [0.15, 0.2) is 0 Å². The first-order valence-electron chi connectivity index (χ1n) is 9.28. The predicted octanol–water partition coefficient (Wildman–Crippen LogP) is 2.70. The molecule has 0 N–H and O–H groups in total. The Hall–Kier alpha value is -2.14. The maximum Gasteiger partial charge on any atom is 0.257 e. The molecule has 0 unspecified atom stereocenters. The zero-order chi connectivity index (χ0) is 17.4. The maximum atomic E-state index is 13.0. The van der Waals surface area contributed by atoms with Crippen molar-refractivity contribution < 1.29 is 4.79 Å². The topological polar surface area (TPSA) is 41.4 Å². The molecule has 0 saturated carbocycles. The fourth-order valence-corrected chi connectivity index (χ4v) is 4.26. The summed E-state index contributed by atoms with van der Waals surface area (Å²) in [5.74, 6) is 0.159. The highest BCUT2D eigenvalue weighted by Gasteiger charge is 2.45. The summed E-state index contributed by atoms with van der Waals surface area (Å²) in [6.45, 7) is 7.81. The van der Waals surface area contributed by atoms with Crippen molar-refractivity contribution in [1.82, 2.24) is 19.6 Å². The summed E-state index contributed by atoms with van der Waals surface area (Å²) in [5.41, 5.74) is 3.12. The van der Waals surface area contributed by atoms with E-state index >= 15 is 0 Å². The van der Waals surface area contributed by atoms with Crippen LogP contribution in [0.4, 0.5) is 0 Å². The molecule has 0 radical (unpaired) electrons. The number of carbonyl (C=O) groups excluding carboxylic acids is 1. The van der Waals surface area contributed by atoms with Crippen molar-refractivity contribution in [1.29, 1.82) is 0 Å². The smallest absolute Gasteiger partial charge is 0.257 e. The van der Waals surface area contributed by atoms with Crippen molar-refractivity contribution in [3.63, 3.8) is 0 Å². The number of carbonyl (C=O) groups is 1. The van der Waals surface area contributed by atoms with Gasteiger partial charge in [-0.25, -0.2) is 0 Å². The Kier molecular flexibility index (Phi) is 4.34. The molecule has 25 heavy (non-hydrogen) atoms. The first kappa shape index (κ1) is 16.3. The van der Waals surface area contributed by atoms with Gasteiger partial charge in [-0.2, -0.15) is 5.10 Å². The Balaban J connectivity index is 1.43. The van der Waals surface area contributed by atoms with E-state index in [4.69, 9.17) is 0 Å². The van der Waals surface area contributed by atoms with E-state index in [1.807, 2.05) is 11.6 Å². The largest absolute Gasteiger partial charge is 0.333 e. The third-order valence-electron chi connectivity index (χ3n) is 5.61. The Labute approximate surface area is 149 Å². The van der Waals surface area contributed by atoms with Gasteiger partial charge in [0.2, 0.25) is 0 Å². The number of likely N-dealkylation sites (tertiary alicyclic amines) is 2. The van der Waals surface area contributed by atoms with Crippen LogP contribution >= 0.6 is 0 Å². The quantitative estimate of drug-likeness (QED) is 0.842. The molecule has 3 heterocycles.